The van der Waals surface area contributed by atoms with Crippen LogP contribution in [0.5, 0.6) is 0 Å². The fourth-order valence-corrected chi connectivity index (χ4v) is 2.45. The average molecular weight is 445 g/mol. The second-order valence-corrected chi connectivity index (χ2v) is 6.31. The van der Waals surface area contributed by atoms with E-state index in [0.717, 1.165) is 37.7 Å². The molecule has 7 heteroatoms. The molecule has 0 saturated carbocycles. The first-order valence-electron chi connectivity index (χ1n) is 9.24. The molecule has 1 aromatic rings. The summed E-state index contributed by atoms with van der Waals surface area (Å²) in [5.74, 6) is -0.231. The quantitative estimate of drug-likeness (QED) is 0.293. The molecule has 0 spiro atoms. The number of nitrogens with two attached hydrogens (primary N) is 1. The van der Waals surface area contributed by atoms with Crippen molar-refractivity contribution in [2.45, 2.75) is 51.1 Å². The Morgan fingerprint density at radius 1 is 1.07 bits per heavy atom. The van der Waals surface area contributed by atoms with Crippen LogP contribution < -0.4 is 74.6 Å². The van der Waals surface area contributed by atoms with E-state index in [0.29, 0.717) is 25.1 Å². The molecule has 2 amide bonds. The first kappa shape index (κ1) is 26.6. The van der Waals surface area contributed by atoms with Crippen LogP contribution in [-0.2, 0) is 11.3 Å². The normalized spacial score (nSPS) is 11.2. The van der Waals surface area contributed by atoms with Crippen molar-refractivity contribution in [1.82, 2.24) is 10.6 Å². The Morgan fingerprint density at radius 2 is 1.70 bits per heavy atom. The van der Waals surface area contributed by atoms with Crippen LogP contribution in [0.3, 0.4) is 0 Å². The van der Waals surface area contributed by atoms with Gasteiger partial charge in [0.1, 0.15) is 0 Å². The Bertz CT molecular complexity index is 564. The first-order valence-corrected chi connectivity index (χ1v) is 9.24. The molecule has 0 aliphatic carbocycles. The minimum absolute atomic E-state index is 0. The summed E-state index contributed by atoms with van der Waals surface area (Å²) in [7, 11) is 0. The predicted octanol–water partition coefficient (Wildman–Crippen LogP) is -0.0573. The molecule has 0 bridgehead atoms. The summed E-state index contributed by atoms with van der Waals surface area (Å²) in [6, 6.07) is 6.54. The van der Waals surface area contributed by atoms with Gasteiger partial charge in [-0.05, 0) is 50.7 Å². The van der Waals surface area contributed by atoms with Gasteiger partial charge in [-0.25, -0.2) is 0 Å². The van der Waals surface area contributed by atoms with Gasteiger partial charge in [0.25, 0.3) is 5.91 Å². The van der Waals surface area contributed by atoms with Crippen LogP contribution >= 0.6 is 0 Å². The molecular weight excluding hydrogens is 414 g/mol. The van der Waals surface area contributed by atoms with Crippen LogP contribution in [-0.4, -0.2) is 30.9 Å². The molecule has 27 heavy (non-hydrogen) atoms. The number of carbonyl (C=O) groups is 2. The summed E-state index contributed by atoms with van der Waals surface area (Å²) in [6.07, 6.45) is 6.94. The number of hydrogen-bond donors (Lipinski definition) is 3. The number of benzene rings is 1. The van der Waals surface area contributed by atoms with Gasteiger partial charge >= 0.3 is 58.2 Å². The van der Waals surface area contributed by atoms with Gasteiger partial charge in [0.05, 0.1) is 6.04 Å². The number of hydrogen-bond acceptors (Lipinski definition) is 3. The topological polar surface area (TPSA) is 108 Å². The number of nitrogens with one attached hydrogen (secondary N) is 3. The van der Waals surface area contributed by atoms with Gasteiger partial charge in [0.2, 0.25) is 5.91 Å². The van der Waals surface area contributed by atoms with Crippen molar-refractivity contribution in [2.24, 2.45) is 5.73 Å². The van der Waals surface area contributed by atoms with Gasteiger partial charge in [0.15, 0.2) is 0 Å². The summed E-state index contributed by atoms with van der Waals surface area (Å²) in [5.41, 5.74) is 14.6. The zero-order chi connectivity index (χ0) is 19.2. The Kier molecular flexibility index (Phi) is 16.3. The van der Waals surface area contributed by atoms with Crippen molar-refractivity contribution in [2.75, 3.05) is 13.1 Å². The summed E-state index contributed by atoms with van der Waals surface area (Å²) in [5, 5.41) is 5.71. The number of amides is 2. The van der Waals surface area contributed by atoms with Crippen molar-refractivity contribution in [3.05, 3.63) is 53.8 Å². The van der Waals surface area contributed by atoms with Crippen LogP contribution in [0.25, 0.3) is 5.73 Å². The van der Waals surface area contributed by atoms with Crippen molar-refractivity contribution < 1.29 is 67.8 Å². The minimum Gasteiger partial charge on any atom is -0.674 e. The Labute approximate surface area is 211 Å². The van der Waals surface area contributed by atoms with E-state index in [1.807, 2.05) is 6.08 Å². The SMILES string of the molecule is C=CCCCCNC(=O)[C@H](N)CCCCNC(=O)c1ccc(C[NH-])cc1.[Rb+]. The molecule has 0 aliphatic rings. The number of unbranched alkanes of at least 4 members (excludes halogenated alkanes) is 3. The van der Waals surface area contributed by atoms with E-state index in [-0.39, 0.29) is 76.5 Å². The van der Waals surface area contributed by atoms with Gasteiger partial charge in [-0.2, -0.15) is 0 Å². The van der Waals surface area contributed by atoms with Gasteiger partial charge in [-0.3, -0.25) is 9.59 Å². The molecule has 0 unspecified atom stereocenters. The van der Waals surface area contributed by atoms with Crippen molar-refractivity contribution >= 4 is 11.8 Å². The number of carbonyl (C=O) groups excluding carboxylic acids is 2. The van der Waals surface area contributed by atoms with Crippen molar-refractivity contribution in [3.63, 3.8) is 0 Å². The maximum Gasteiger partial charge on any atom is 1.00 e. The maximum atomic E-state index is 12.0. The second-order valence-electron chi connectivity index (χ2n) is 6.31. The van der Waals surface area contributed by atoms with E-state index >= 15 is 0 Å². The number of rotatable bonds is 13. The third kappa shape index (κ3) is 11.9. The van der Waals surface area contributed by atoms with Gasteiger partial charge in [-0.15, -0.1) is 13.1 Å². The zero-order valence-corrected chi connectivity index (χ0v) is 21.3. The summed E-state index contributed by atoms with van der Waals surface area (Å²) in [4.78, 5) is 23.8. The molecule has 144 valence electrons. The van der Waals surface area contributed by atoms with Crippen molar-refractivity contribution in [3.8, 4) is 0 Å². The van der Waals surface area contributed by atoms with E-state index in [9.17, 15) is 9.59 Å². The Morgan fingerprint density at radius 3 is 2.33 bits per heavy atom. The van der Waals surface area contributed by atoms with Gasteiger partial charge in [0, 0.05) is 18.7 Å². The molecule has 1 atom stereocenters. The van der Waals surface area contributed by atoms with Crippen LogP contribution in [0.4, 0.5) is 0 Å². The molecule has 0 aromatic heterocycles. The monoisotopic (exact) mass is 444 g/mol. The maximum absolute atomic E-state index is 12.0. The molecular formula is C20H31N4O2Rb. The third-order valence-corrected chi connectivity index (χ3v) is 4.12. The van der Waals surface area contributed by atoms with Crippen LogP contribution in [0.2, 0.25) is 0 Å². The molecule has 1 rings (SSSR count). The standard InChI is InChI=1S/C20H31N4O2.Rb/c1-2-3-4-6-13-24-20(26)18(22)8-5-7-14-23-19(25)17-11-9-16(15-21)10-12-17;/h2,9-12,18,21H,1,3-8,13-15,22H2,(H,23,25)(H,24,26);/q-1;+1/t18-;/m1./s1. The molecule has 0 radical (unpaired) electrons. The fraction of sp³-hybridized carbons (Fsp3) is 0.500. The number of allylic oxidation sites excluding steroid dienone is 1. The zero-order valence-electron chi connectivity index (χ0n) is 16.4. The Hall–Kier alpha value is -0.375. The Balaban J connectivity index is 0.00000676. The third-order valence-electron chi connectivity index (χ3n) is 4.12. The van der Waals surface area contributed by atoms with E-state index in [1.165, 1.54) is 0 Å². The van der Waals surface area contributed by atoms with Crippen LogP contribution in [0.15, 0.2) is 36.9 Å². The van der Waals surface area contributed by atoms with E-state index in [1.54, 1.807) is 24.3 Å². The largest absolute Gasteiger partial charge is 1.00 e. The average Bonchev–Trinajstić information content (AvgIpc) is 2.67. The van der Waals surface area contributed by atoms with E-state index in [4.69, 9.17) is 11.5 Å². The van der Waals surface area contributed by atoms with E-state index in [2.05, 4.69) is 17.2 Å². The fourth-order valence-electron chi connectivity index (χ4n) is 2.45. The van der Waals surface area contributed by atoms with Gasteiger partial charge < -0.3 is 22.1 Å². The molecule has 5 N–H and O–H groups in total. The molecule has 6 nitrogen and oxygen atoms in total. The van der Waals surface area contributed by atoms with Crippen LogP contribution in [0.1, 0.15) is 54.4 Å². The summed E-state index contributed by atoms with van der Waals surface area (Å²) >= 11 is 0. The molecule has 0 heterocycles. The molecule has 0 aliphatic heterocycles. The molecule has 1 aromatic carbocycles. The summed E-state index contributed by atoms with van der Waals surface area (Å²) in [6.45, 7) is 5.08. The second kappa shape index (κ2) is 16.6. The molecule has 0 saturated heterocycles. The first-order chi connectivity index (χ1) is 12.6. The predicted molar refractivity (Wildman–Crippen MR) is 106 cm³/mol. The van der Waals surface area contributed by atoms with E-state index < -0.39 is 6.04 Å². The molecule has 0 fully saturated rings. The van der Waals surface area contributed by atoms with Crippen LogP contribution in [0, 0.1) is 0 Å². The van der Waals surface area contributed by atoms with Gasteiger partial charge in [-0.1, -0.05) is 23.8 Å². The smallest absolute Gasteiger partial charge is 0.674 e. The van der Waals surface area contributed by atoms with Crippen molar-refractivity contribution in [1.29, 1.82) is 0 Å². The minimum atomic E-state index is -0.498. The summed E-state index contributed by atoms with van der Waals surface area (Å²) < 4.78 is 0.